The van der Waals surface area contributed by atoms with Crippen molar-refractivity contribution < 1.29 is 36.6 Å². The predicted molar refractivity (Wildman–Crippen MR) is 191 cm³/mol. The highest BCUT2D eigenvalue weighted by Crippen LogP contribution is 2.33. The zero-order valence-electron chi connectivity index (χ0n) is 28.4. The highest BCUT2D eigenvalue weighted by molar-refractivity contribution is 7.80. The van der Waals surface area contributed by atoms with Crippen LogP contribution in [0.1, 0.15) is 35.2 Å². The molecule has 0 amide bonds. The van der Waals surface area contributed by atoms with Gasteiger partial charge in [-0.1, -0.05) is 12.1 Å². The van der Waals surface area contributed by atoms with Gasteiger partial charge in [0.25, 0.3) is 11.3 Å². The third kappa shape index (κ3) is 7.57. The van der Waals surface area contributed by atoms with E-state index in [-0.39, 0.29) is 31.6 Å². The van der Waals surface area contributed by atoms with Gasteiger partial charge in [0, 0.05) is 73.9 Å². The molecule has 3 N–H and O–H groups in total. The number of aromatic amines is 1. The number of nitrogens with zero attached hydrogens (tertiary/aromatic N) is 6. The molecule has 1 unspecified atom stereocenters. The van der Waals surface area contributed by atoms with Gasteiger partial charge < -0.3 is 15.0 Å². The fourth-order valence-corrected chi connectivity index (χ4v) is 8.17. The van der Waals surface area contributed by atoms with Gasteiger partial charge >= 0.3 is 5.97 Å². The molecule has 2 atom stereocenters. The number of alkyl halides is 1. The van der Waals surface area contributed by atoms with Crippen molar-refractivity contribution in [1.82, 2.24) is 24.8 Å². The van der Waals surface area contributed by atoms with Gasteiger partial charge in [0.1, 0.15) is 23.3 Å². The van der Waals surface area contributed by atoms with Crippen molar-refractivity contribution in [2.45, 2.75) is 25.4 Å². The summed E-state index contributed by atoms with van der Waals surface area (Å²) < 4.78 is 67.8. The number of rotatable bonds is 11. The molecule has 276 valence electrons. The normalized spacial score (nSPS) is 20.1. The average Bonchev–Trinajstić information content (AvgIpc) is 3.76. The Morgan fingerprint density at radius 3 is 2.33 bits per heavy atom. The number of hydrogen-bond acceptors (Lipinski definition) is 8. The maximum absolute atomic E-state index is 15.9. The topological polar surface area (TPSA) is 137 Å². The number of nitrogens with one attached hydrogen (secondary N) is 1. The molecule has 2 aromatic carbocycles. The second kappa shape index (κ2) is 15.3. The summed E-state index contributed by atoms with van der Waals surface area (Å²) in [6.07, 6.45) is 3.81. The van der Waals surface area contributed by atoms with E-state index in [9.17, 15) is 22.7 Å². The first-order valence-electron chi connectivity index (χ1n) is 17.4. The molecule has 5 heterocycles. The lowest BCUT2D eigenvalue weighted by molar-refractivity contribution is -0.138. The fraction of sp³-hybridized carbons (Fsp3) is 0.417. The summed E-state index contributed by atoms with van der Waals surface area (Å²) in [5.74, 6) is -3.65. The van der Waals surface area contributed by atoms with Crippen molar-refractivity contribution in [1.29, 1.82) is 0 Å². The smallest absolute Gasteiger partial charge is 0.317 e. The predicted octanol–water partition coefficient (Wildman–Crippen LogP) is 4.56. The number of halogens is 3. The minimum atomic E-state index is -2.81. The van der Waals surface area contributed by atoms with Gasteiger partial charge in [-0.15, -0.1) is 0 Å². The molecule has 3 saturated heterocycles. The van der Waals surface area contributed by atoms with Crippen LogP contribution >= 0.6 is 0 Å². The van der Waals surface area contributed by atoms with Crippen LogP contribution in [0.25, 0.3) is 22.2 Å². The molecule has 16 heteroatoms. The molecule has 52 heavy (non-hydrogen) atoms. The van der Waals surface area contributed by atoms with E-state index in [0.717, 1.165) is 87.0 Å². The number of aliphatic carboxylic acids is 1. The number of hydrazine groups is 1. The number of piperidine rings is 1. The molecule has 12 nitrogen and oxygen atoms in total. The van der Waals surface area contributed by atoms with Crippen molar-refractivity contribution in [3.63, 3.8) is 0 Å². The number of ketones is 1. The third-order valence-electron chi connectivity index (χ3n) is 10.3. The van der Waals surface area contributed by atoms with E-state index >= 15 is 8.78 Å². The Bertz CT molecular complexity index is 1970. The molecule has 3 fully saturated rings. The first kappa shape index (κ1) is 36.0. The zero-order chi connectivity index (χ0) is 36.5. The number of carbonyl (C=O) groups excluding carboxylic acids is 1. The Hall–Kier alpha value is -4.35. The van der Waals surface area contributed by atoms with Gasteiger partial charge in [-0.2, -0.15) is 4.41 Å². The van der Waals surface area contributed by atoms with Gasteiger partial charge in [0.2, 0.25) is 5.78 Å². The zero-order valence-corrected chi connectivity index (χ0v) is 29.2. The van der Waals surface area contributed by atoms with Crippen LogP contribution in [-0.4, -0.2) is 122 Å². The molecular weight excluding hydrogens is 700 g/mol. The Kier molecular flexibility index (Phi) is 10.6. The number of H-pyrrole nitrogens is 1. The number of likely N-dealkylation sites (tertiary alicyclic amines) is 1. The van der Waals surface area contributed by atoms with Gasteiger partial charge in [-0.25, -0.2) is 27.4 Å². The second-order valence-electron chi connectivity index (χ2n) is 13.7. The lowest BCUT2D eigenvalue weighted by Crippen LogP contribution is -2.49. The largest absolute Gasteiger partial charge is 0.480 e. The lowest BCUT2D eigenvalue weighted by Gasteiger charge is -2.39. The van der Waals surface area contributed by atoms with E-state index in [1.807, 2.05) is 29.2 Å². The Morgan fingerprint density at radius 2 is 1.67 bits per heavy atom. The molecule has 2 aromatic heterocycles. The van der Waals surface area contributed by atoms with Crippen molar-refractivity contribution >= 4 is 45.4 Å². The SMILES string of the molecule is O=C(O)CN1CCC(CN2CCN(c3ccc(-c4cnc5[nH]cc(C(=O)c6c(F)ccc(N(N7CC[C@@H](F)C7)S(=O)O)c6F)c5c4)cc3)CC2)CC1. The van der Waals surface area contributed by atoms with E-state index < -0.39 is 52.1 Å². The highest BCUT2D eigenvalue weighted by Gasteiger charge is 2.34. The van der Waals surface area contributed by atoms with Crippen LogP contribution in [0.5, 0.6) is 0 Å². The maximum Gasteiger partial charge on any atom is 0.317 e. The summed E-state index contributed by atoms with van der Waals surface area (Å²) in [4.78, 5) is 38.9. The molecule has 0 radical (unpaired) electrons. The molecule has 0 saturated carbocycles. The first-order chi connectivity index (χ1) is 25.0. The van der Waals surface area contributed by atoms with Crippen LogP contribution < -0.4 is 9.31 Å². The number of carboxylic acids is 1. The van der Waals surface area contributed by atoms with Crippen LogP contribution in [0.3, 0.4) is 0 Å². The summed E-state index contributed by atoms with van der Waals surface area (Å²) in [5.41, 5.74) is 1.50. The second-order valence-corrected chi connectivity index (χ2v) is 14.5. The van der Waals surface area contributed by atoms with Crippen molar-refractivity contribution in [2.24, 2.45) is 5.92 Å². The van der Waals surface area contributed by atoms with E-state index in [1.165, 1.54) is 6.20 Å². The van der Waals surface area contributed by atoms with E-state index in [0.29, 0.717) is 26.9 Å². The standard InChI is InChI=1S/C36H40F3N7O5S/c37-26-9-12-45(21-26)46(52(50)51)31-6-5-30(38)33(34(31)39)35(49)29-19-41-36-28(29)17-25(18-40-36)24-1-3-27(4-2-24)44-15-13-43(14-16-44)20-23-7-10-42(11-8-23)22-32(47)48/h1-6,17-19,23,26H,7-16,20-22H2,(H,40,41)(H,47,48)(H,50,51)/t26-/m1/s1. The van der Waals surface area contributed by atoms with Gasteiger partial charge in [-0.05, 0) is 74.2 Å². The Morgan fingerprint density at radius 1 is 0.942 bits per heavy atom. The molecular formula is C36H40F3N7O5S. The Labute approximate surface area is 301 Å². The maximum atomic E-state index is 15.9. The van der Waals surface area contributed by atoms with Crippen LogP contribution in [-0.2, 0) is 16.1 Å². The summed E-state index contributed by atoms with van der Waals surface area (Å²) in [5, 5.41) is 10.6. The summed E-state index contributed by atoms with van der Waals surface area (Å²) in [6, 6.07) is 11.5. The molecule has 7 rings (SSSR count). The van der Waals surface area contributed by atoms with E-state index in [1.54, 1.807) is 12.3 Å². The number of carbonyl (C=O) groups is 2. The number of piperazine rings is 1. The van der Waals surface area contributed by atoms with E-state index in [2.05, 4.69) is 19.8 Å². The quantitative estimate of drug-likeness (QED) is 0.148. The van der Waals surface area contributed by atoms with Crippen LogP contribution in [0.2, 0.25) is 0 Å². The Balaban J connectivity index is 1.03. The summed E-state index contributed by atoms with van der Waals surface area (Å²) >= 11 is -2.81. The van der Waals surface area contributed by atoms with Gasteiger partial charge in [0.05, 0.1) is 18.7 Å². The van der Waals surface area contributed by atoms with Crippen molar-refractivity contribution in [3.05, 3.63) is 77.6 Å². The molecule has 0 spiro atoms. The lowest BCUT2D eigenvalue weighted by atomic mass is 9.96. The van der Waals surface area contributed by atoms with Gasteiger partial charge in [0.15, 0.2) is 5.82 Å². The molecule has 3 aliphatic heterocycles. The highest BCUT2D eigenvalue weighted by atomic mass is 32.2. The minimum absolute atomic E-state index is 0.0266. The summed E-state index contributed by atoms with van der Waals surface area (Å²) in [6.45, 7) is 6.24. The van der Waals surface area contributed by atoms with Gasteiger partial charge in [-0.3, -0.25) is 23.9 Å². The fourth-order valence-electron chi connectivity index (χ4n) is 7.52. The minimum Gasteiger partial charge on any atom is -0.480 e. The van der Waals surface area contributed by atoms with Crippen molar-refractivity contribution in [3.8, 4) is 11.1 Å². The van der Waals surface area contributed by atoms with Crippen LogP contribution in [0.4, 0.5) is 24.5 Å². The third-order valence-corrected chi connectivity index (χ3v) is 11.0. The number of aromatic nitrogens is 2. The number of benzene rings is 2. The summed E-state index contributed by atoms with van der Waals surface area (Å²) in [7, 11) is 0. The number of carboxylic acid groups (broad SMARTS) is 1. The number of anilines is 2. The number of fused-ring (bicyclic) bond motifs is 1. The number of hydrogen-bond donors (Lipinski definition) is 3. The molecule has 3 aliphatic rings. The first-order valence-corrected chi connectivity index (χ1v) is 18.4. The molecule has 0 aliphatic carbocycles. The number of pyridine rings is 1. The molecule has 0 bridgehead atoms. The average molecular weight is 740 g/mol. The van der Waals surface area contributed by atoms with Crippen molar-refractivity contribution in [2.75, 3.05) is 74.8 Å². The van der Waals surface area contributed by atoms with Crippen LogP contribution in [0, 0.1) is 17.6 Å². The van der Waals surface area contributed by atoms with E-state index in [4.69, 9.17) is 5.11 Å². The van der Waals surface area contributed by atoms with Crippen LogP contribution in [0.15, 0.2) is 54.9 Å². The molecule has 4 aromatic rings. The monoisotopic (exact) mass is 739 g/mol.